The van der Waals surface area contributed by atoms with E-state index in [0.29, 0.717) is 6.04 Å². The molecule has 1 unspecified atom stereocenters. The summed E-state index contributed by atoms with van der Waals surface area (Å²) in [4.78, 5) is 9.88. The molecule has 2 heterocycles. The van der Waals surface area contributed by atoms with E-state index in [4.69, 9.17) is 4.74 Å². The Morgan fingerprint density at radius 1 is 1.33 bits per heavy atom. The summed E-state index contributed by atoms with van der Waals surface area (Å²) in [6.45, 7) is 3.34. The van der Waals surface area contributed by atoms with Crippen LogP contribution >= 0.6 is 0 Å². The number of ether oxygens (including phenoxy) is 1. The summed E-state index contributed by atoms with van der Waals surface area (Å²) in [7, 11) is 0. The van der Waals surface area contributed by atoms with Crippen LogP contribution in [0.3, 0.4) is 0 Å². The highest BCUT2D eigenvalue weighted by Crippen LogP contribution is 2.24. The van der Waals surface area contributed by atoms with Crippen molar-refractivity contribution in [1.29, 1.82) is 0 Å². The molecule has 0 saturated carbocycles. The number of nitrogens with one attached hydrogen (secondary N) is 1. The van der Waals surface area contributed by atoms with Crippen molar-refractivity contribution >= 4 is 0 Å². The first-order valence-electron chi connectivity index (χ1n) is 6.28. The molecule has 1 fully saturated rings. The third kappa shape index (κ3) is 2.44. The molecule has 94 valence electrons. The van der Waals surface area contributed by atoms with Crippen LogP contribution in [0, 0.1) is 0 Å². The van der Waals surface area contributed by atoms with Crippen LogP contribution in [-0.2, 0) is 11.3 Å². The predicted molar refractivity (Wildman–Crippen MR) is 69.0 cm³/mol. The van der Waals surface area contributed by atoms with Gasteiger partial charge in [0.05, 0.1) is 25.8 Å². The molecule has 0 bridgehead atoms. The fraction of sp³-hybridized carbons (Fsp3) is 0.357. The summed E-state index contributed by atoms with van der Waals surface area (Å²) in [5, 5.41) is 0. The molecular formula is C14H17N3O. The Bertz CT molecular complexity index is 469. The molecule has 4 nitrogen and oxygen atoms in total. The SMILES string of the molecule is c1ccc(C2COCCN2Cc2ncc[nH]2)cc1. The summed E-state index contributed by atoms with van der Waals surface area (Å²) in [6, 6.07) is 10.8. The molecule has 1 aromatic carbocycles. The summed E-state index contributed by atoms with van der Waals surface area (Å²) in [5.74, 6) is 1.01. The molecule has 0 amide bonds. The average molecular weight is 243 g/mol. The van der Waals surface area contributed by atoms with Gasteiger partial charge in [0, 0.05) is 18.9 Å². The molecule has 0 radical (unpaired) electrons. The summed E-state index contributed by atoms with van der Waals surface area (Å²) < 4.78 is 5.61. The van der Waals surface area contributed by atoms with Gasteiger partial charge >= 0.3 is 0 Å². The van der Waals surface area contributed by atoms with Crippen LogP contribution in [-0.4, -0.2) is 34.6 Å². The van der Waals surface area contributed by atoms with E-state index in [2.05, 4.69) is 39.1 Å². The number of rotatable bonds is 3. The van der Waals surface area contributed by atoms with Gasteiger partial charge in [0.1, 0.15) is 5.82 Å². The third-order valence-electron chi connectivity index (χ3n) is 3.33. The Morgan fingerprint density at radius 3 is 3.00 bits per heavy atom. The quantitative estimate of drug-likeness (QED) is 0.896. The van der Waals surface area contributed by atoms with Gasteiger partial charge in [-0.2, -0.15) is 0 Å². The smallest absolute Gasteiger partial charge is 0.120 e. The van der Waals surface area contributed by atoms with Crippen molar-refractivity contribution in [3.63, 3.8) is 0 Å². The third-order valence-corrected chi connectivity index (χ3v) is 3.33. The van der Waals surface area contributed by atoms with Crippen molar-refractivity contribution < 1.29 is 4.74 Å². The number of aromatic amines is 1. The lowest BCUT2D eigenvalue weighted by Gasteiger charge is -2.35. The number of nitrogens with zero attached hydrogens (tertiary/aromatic N) is 2. The van der Waals surface area contributed by atoms with E-state index in [9.17, 15) is 0 Å². The molecular weight excluding hydrogens is 226 g/mol. The van der Waals surface area contributed by atoms with Crippen molar-refractivity contribution in [3.05, 3.63) is 54.1 Å². The van der Waals surface area contributed by atoms with E-state index >= 15 is 0 Å². The normalized spacial score (nSPS) is 21.0. The van der Waals surface area contributed by atoms with E-state index in [1.807, 2.05) is 12.3 Å². The van der Waals surface area contributed by atoms with E-state index in [-0.39, 0.29) is 0 Å². The topological polar surface area (TPSA) is 41.1 Å². The van der Waals surface area contributed by atoms with Gasteiger partial charge in [0.25, 0.3) is 0 Å². The van der Waals surface area contributed by atoms with Gasteiger partial charge in [-0.25, -0.2) is 4.98 Å². The van der Waals surface area contributed by atoms with Crippen LogP contribution < -0.4 is 0 Å². The van der Waals surface area contributed by atoms with Gasteiger partial charge in [-0.3, -0.25) is 4.90 Å². The first kappa shape index (κ1) is 11.4. The molecule has 4 heteroatoms. The maximum absolute atomic E-state index is 5.61. The fourth-order valence-corrected chi connectivity index (χ4v) is 2.39. The molecule has 0 spiro atoms. The van der Waals surface area contributed by atoms with Gasteiger partial charge < -0.3 is 9.72 Å². The zero-order valence-electron chi connectivity index (χ0n) is 10.2. The van der Waals surface area contributed by atoms with Gasteiger partial charge in [0.2, 0.25) is 0 Å². The summed E-state index contributed by atoms with van der Waals surface area (Å²) >= 11 is 0. The number of H-pyrrole nitrogens is 1. The molecule has 1 aromatic heterocycles. The molecule has 1 aliphatic heterocycles. The van der Waals surface area contributed by atoms with Gasteiger partial charge in [-0.05, 0) is 5.56 Å². The van der Waals surface area contributed by atoms with Gasteiger partial charge in [-0.15, -0.1) is 0 Å². The first-order chi connectivity index (χ1) is 8.93. The zero-order valence-corrected chi connectivity index (χ0v) is 10.2. The van der Waals surface area contributed by atoms with E-state index < -0.39 is 0 Å². The van der Waals surface area contributed by atoms with Crippen molar-refractivity contribution in [3.8, 4) is 0 Å². The minimum absolute atomic E-state index is 0.324. The maximum Gasteiger partial charge on any atom is 0.120 e. The van der Waals surface area contributed by atoms with E-state index in [1.54, 1.807) is 6.20 Å². The number of morpholine rings is 1. The molecule has 1 atom stereocenters. The number of hydrogen-bond acceptors (Lipinski definition) is 3. The largest absolute Gasteiger partial charge is 0.378 e. The summed E-state index contributed by atoms with van der Waals surface area (Å²) in [5.41, 5.74) is 1.31. The average Bonchev–Trinajstić information content (AvgIpc) is 2.93. The monoisotopic (exact) mass is 243 g/mol. The second kappa shape index (κ2) is 5.33. The Kier molecular flexibility index (Phi) is 3.39. The molecule has 0 aliphatic carbocycles. The van der Waals surface area contributed by atoms with Crippen LogP contribution in [0.2, 0.25) is 0 Å². The molecule has 2 aromatic rings. The van der Waals surface area contributed by atoms with Crippen molar-refractivity contribution in [2.45, 2.75) is 12.6 Å². The predicted octanol–water partition coefficient (Wildman–Crippen LogP) is 1.98. The maximum atomic E-state index is 5.61. The van der Waals surface area contributed by atoms with Crippen LogP contribution in [0.4, 0.5) is 0 Å². The molecule has 18 heavy (non-hydrogen) atoms. The van der Waals surface area contributed by atoms with Crippen LogP contribution in [0.5, 0.6) is 0 Å². The van der Waals surface area contributed by atoms with Crippen LogP contribution in [0.25, 0.3) is 0 Å². The van der Waals surface area contributed by atoms with Gasteiger partial charge in [0.15, 0.2) is 0 Å². The standard InChI is InChI=1S/C14H17N3O/c1-2-4-12(5-3-1)13-11-18-9-8-17(13)10-14-15-6-7-16-14/h1-7,13H,8-11H2,(H,15,16). The second-order valence-corrected chi connectivity index (χ2v) is 4.51. The van der Waals surface area contributed by atoms with Crippen LogP contribution in [0.1, 0.15) is 17.4 Å². The number of benzene rings is 1. The lowest BCUT2D eigenvalue weighted by atomic mass is 10.1. The Hall–Kier alpha value is -1.65. The van der Waals surface area contributed by atoms with Crippen molar-refractivity contribution in [2.75, 3.05) is 19.8 Å². The molecule has 1 aliphatic rings. The summed E-state index contributed by atoms with van der Waals surface area (Å²) in [6.07, 6.45) is 3.67. The van der Waals surface area contributed by atoms with E-state index in [0.717, 1.165) is 32.1 Å². The van der Waals surface area contributed by atoms with Gasteiger partial charge in [-0.1, -0.05) is 30.3 Å². The Morgan fingerprint density at radius 2 is 2.22 bits per heavy atom. The fourth-order valence-electron chi connectivity index (χ4n) is 2.39. The zero-order chi connectivity index (χ0) is 12.2. The molecule has 1 N–H and O–H groups in total. The highest BCUT2D eigenvalue weighted by Gasteiger charge is 2.24. The Balaban J connectivity index is 1.78. The van der Waals surface area contributed by atoms with Crippen molar-refractivity contribution in [2.24, 2.45) is 0 Å². The number of aromatic nitrogens is 2. The highest BCUT2D eigenvalue weighted by atomic mass is 16.5. The van der Waals surface area contributed by atoms with E-state index in [1.165, 1.54) is 5.56 Å². The lowest BCUT2D eigenvalue weighted by molar-refractivity contribution is -0.0137. The first-order valence-corrected chi connectivity index (χ1v) is 6.28. The molecule has 1 saturated heterocycles. The van der Waals surface area contributed by atoms with Crippen LogP contribution in [0.15, 0.2) is 42.7 Å². The van der Waals surface area contributed by atoms with Crippen molar-refractivity contribution in [1.82, 2.24) is 14.9 Å². The number of hydrogen-bond donors (Lipinski definition) is 1. The molecule has 3 rings (SSSR count). The lowest BCUT2D eigenvalue weighted by Crippen LogP contribution is -2.39. The number of imidazole rings is 1. The Labute approximate surface area is 107 Å². The second-order valence-electron chi connectivity index (χ2n) is 4.51. The minimum atomic E-state index is 0.324. The minimum Gasteiger partial charge on any atom is -0.378 e. The highest BCUT2D eigenvalue weighted by molar-refractivity contribution is 5.19.